The van der Waals surface area contributed by atoms with Crippen LogP contribution in [0.3, 0.4) is 0 Å². The maximum Gasteiger partial charge on any atom is 0.138 e. The largest absolute Gasteiger partial charge is 0.249 e. The second-order valence-electron chi connectivity index (χ2n) is 4.97. The van der Waals surface area contributed by atoms with Crippen molar-refractivity contribution in [2.75, 3.05) is 6.67 Å². The Labute approximate surface area is 142 Å². The van der Waals surface area contributed by atoms with Gasteiger partial charge in [0.1, 0.15) is 23.8 Å². The van der Waals surface area contributed by atoms with Gasteiger partial charge in [-0.15, -0.1) is 23.1 Å². The number of aromatic nitrogens is 4. The average Bonchev–Trinajstić information content (AvgIpc) is 3.16. The maximum absolute atomic E-state index is 12.4. The number of hydrogen-bond donors (Lipinski definition) is 0. The topological polar surface area (TPSA) is 43.6 Å². The molecule has 2 aromatic heterocycles. The first-order valence-corrected chi connectivity index (χ1v) is 9.27. The lowest BCUT2D eigenvalue weighted by atomic mass is 10.2. The van der Waals surface area contributed by atoms with Crippen LogP contribution in [-0.2, 0) is 18.1 Å². The van der Waals surface area contributed by atoms with E-state index >= 15 is 0 Å². The van der Waals surface area contributed by atoms with Gasteiger partial charge in [0.2, 0.25) is 0 Å². The number of hydrogen-bond acceptors (Lipinski definition) is 5. The van der Waals surface area contributed by atoms with Crippen LogP contribution in [0.2, 0.25) is 0 Å². The number of thiazole rings is 1. The number of thioether (sulfide) groups is 1. The normalized spacial score (nSPS) is 11.0. The highest BCUT2D eigenvalue weighted by molar-refractivity contribution is 7.97. The number of benzene rings is 1. The summed E-state index contributed by atoms with van der Waals surface area (Å²) in [6, 6.07) is 10.2. The maximum atomic E-state index is 12.4. The molecule has 1 aromatic carbocycles. The Balaban J connectivity index is 1.63. The van der Waals surface area contributed by atoms with Crippen molar-refractivity contribution >= 4 is 23.1 Å². The summed E-state index contributed by atoms with van der Waals surface area (Å²) >= 11 is 3.48. The first-order valence-electron chi connectivity index (χ1n) is 7.30. The summed E-state index contributed by atoms with van der Waals surface area (Å²) < 4.78 is 14.1. The Bertz CT molecular complexity index is 755. The summed E-state index contributed by atoms with van der Waals surface area (Å²) in [4.78, 5) is 10.1. The van der Waals surface area contributed by atoms with Crippen LogP contribution in [0, 0.1) is 6.92 Å². The van der Waals surface area contributed by atoms with Crippen molar-refractivity contribution in [2.45, 2.75) is 25.0 Å². The predicted molar refractivity (Wildman–Crippen MR) is 93.3 cm³/mol. The summed E-state index contributed by atoms with van der Waals surface area (Å²) in [7, 11) is 0. The minimum absolute atomic E-state index is 0.271. The van der Waals surface area contributed by atoms with Gasteiger partial charge in [-0.05, 0) is 6.92 Å². The van der Waals surface area contributed by atoms with Gasteiger partial charge < -0.3 is 0 Å². The molecule has 23 heavy (non-hydrogen) atoms. The van der Waals surface area contributed by atoms with E-state index < -0.39 is 6.67 Å². The SMILES string of the molecule is Cc1nc(-c2ccccc2)sc1CSCc1ncnn1CCF. The zero-order valence-corrected chi connectivity index (χ0v) is 14.4. The summed E-state index contributed by atoms with van der Waals surface area (Å²) in [6.07, 6.45) is 1.48. The van der Waals surface area contributed by atoms with Crippen LogP contribution in [0.25, 0.3) is 10.6 Å². The van der Waals surface area contributed by atoms with E-state index in [2.05, 4.69) is 27.2 Å². The molecule has 0 aliphatic rings. The smallest absolute Gasteiger partial charge is 0.138 e. The Morgan fingerprint density at radius 2 is 2.04 bits per heavy atom. The first kappa shape index (κ1) is 16.1. The van der Waals surface area contributed by atoms with Crippen LogP contribution < -0.4 is 0 Å². The molecule has 2 heterocycles. The predicted octanol–water partition coefficient (Wildman–Crippen LogP) is 4.11. The molecule has 0 radical (unpaired) electrons. The van der Waals surface area contributed by atoms with Gasteiger partial charge in [0, 0.05) is 16.2 Å². The molecular formula is C16H17FN4S2. The molecule has 0 saturated carbocycles. The van der Waals surface area contributed by atoms with Crippen molar-refractivity contribution < 1.29 is 4.39 Å². The van der Waals surface area contributed by atoms with E-state index in [4.69, 9.17) is 0 Å². The molecule has 0 amide bonds. The van der Waals surface area contributed by atoms with Gasteiger partial charge in [0.15, 0.2) is 0 Å². The number of nitrogens with zero attached hydrogens (tertiary/aromatic N) is 4. The fourth-order valence-corrected chi connectivity index (χ4v) is 4.42. The van der Waals surface area contributed by atoms with Crippen molar-refractivity contribution in [3.8, 4) is 10.6 Å². The monoisotopic (exact) mass is 348 g/mol. The standard InChI is InChI=1S/C16H17FN4S2/c1-12-14(23-16(20-12)13-5-3-2-4-6-13)9-22-10-15-18-11-19-21(15)8-7-17/h2-6,11H,7-10H2,1H3. The van der Waals surface area contributed by atoms with Gasteiger partial charge in [-0.3, -0.25) is 0 Å². The Hall–Kier alpha value is -1.73. The molecule has 0 aliphatic heterocycles. The second-order valence-corrected chi connectivity index (χ2v) is 7.04. The second kappa shape index (κ2) is 7.70. The molecule has 0 fully saturated rings. The number of aryl methyl sites for hydroxylation is 2. The molecule has 0 spiro atoms. The van der Waals surface area contributed by atoms with E-state index in [1.807, 2.05) is 25.1 Å². The molecule has 120 valence electrons. The zero-order chi connectivity index (χ0) is 16.1. The summed E-state index contributed by atoms with van der Waals surface area (Å²) in [6.45, 7) is 1.90. The van der Waals surface area contributed by atoms with Crippen LogP contribution in [0.1, 0.15) is 16.4 Å². The lowest BCUT2D eigenvalue weighted by molar-refractivity contribution is 0.421. The Kier molecular flexibility index (Phi) is 5.40. The third-order valence-electron chi connectivity index (χ3n) is 3.37. The minimum Gasteiger partial charge on any atom is -0.249 e. The van der Waals surface area contributed by atoms with E-state index in [1.54, 1.807) is 27.8 Å². The Morgan fingerprint density at radius 3 is 2.83 bits per heavy atom. The van der Waals surface area contributed by atoms with Crippen molar-refractivity contribution in [3.05, 3.63) is 53.1 Å². The number of halogens is 1. The highest BCUT2D eigenvalue weighted by Crippen LogP contribution is 2.30. The van der Waals surface area contributed by atoms with Crippen molar-refractivity contribution in [3.63, 3.8) is 0 Å². The molecular weight excluding hydrogens is 331 g/mol. The fraction of sp³-hybridized carbons (Fsp3) is 0.312. The molecule has 0 saturated heterocycles. The first-order chi connectivity index (χ1) is 11.3. The molecule has 4 nitrogen and oxygen atoms in total. The van der Waals surface area contributed by atoms with Crippen molar-refractivity contribution in [1.82, 2.24) is 19.7 Å². The fourth-order valence-electron chi connectivity index (χ4n) is 2.17. The van der Waals surface area contributed by atoms with Gasteiger partial charge in [0.25, 0.3) is 0 Å². The molecule has 0 atom stereocenters. The van der Waals surface area contributed by atoms with E-state index in [-0.39, 0.29) is 6.54 Å². The average molecular weight is 348 g/mol. The minimum atomic E-state index is -0.421. The van der Waals surface area contributed by atoms with Crippen molar-refractivity contribution in [2.24, 2.45) is 0 Å². The molecule has 0 bridgehead atoms. The molecule has 3 rings (SSSR count). The van der Waals surface area contributed by atoms with Crippen LogP contribution in [-0.4, -0.2) is 26.4 Å². The van der Waals surface area contributed by atoms with Crippen LogP contribution >= 0.6 is 23.1 Å². The lowest BCUT2D eigenvalue weighted by Gasteiger charge is -2.03. The third kappa shape index (κ3) is 3.97. The zero-order valence-electron chi connectivity index (χ0n) is 12.8. The Morgan fingerprint density at radius 1 is 1.22 bits per heavy atom. The highest BCUT2D eigenvalue weighted by Gasteiger charge is 2.10. The van der Waals surface area contributed by atoms with Crippen LogP contribution in [0.4, 0.5) is 4.39 Å². The number of rotatable bonds is 7. The van der Waals surface area contributed by atoms with E-state index in [1.165, 1.54) is 11.2 Å². The van der Waals surface area contributed by atoms with Crippen LogP contribution in [0.5, 0.6) is 0 Å². The van der Waals surface area contributed by atoms with Crippen LogP contribution in [0.15, 0.2) is 36.7 Å². The van der Waals surface area contributed by atoms with E-state index in [0.29, 0.717) is 0 Å². The van der Waals surface area contributed by atoms with E-state index in [0.717, 1.165) is 33.6 Å². The number of alkyl halides is 1. The summed E-state index contributed by atoms with van der Waals surface area (Å²) in [5, 5.41) is 5.09. The third-order valence-corrected chi connectivity index (χ3v) is 5.71. The summed E-state index contributed by atoms with van der Waals surface area (Å²) in [5.74, 6) is 2.41. The van der Waals surface area contributed by atoms with Gasteiger partial charge in [-0.1, -0.05) is 30.3 Å². The highest BCUT2D eigenvalue weighted by atomic mass is 32.2. The van der Waals surface area contributed by atoms with E-state index in [9.17, 15) is 4.39 Å². The van der Waals surface area contributed by atoms with Gasteiger partial charge in [-0.2, -0.15) is 5.10 Å². The quantitative estimate of drug-likeness (QED) is 0.644. The van der Waals surface area contributed by atoms with Gasteiger partial charge in [0.05, 0.1) is 18.0 Å². The van der Waals surface area contributed by atoms with Gasteiger partial charge >= 0.3 is 0 Å². The van der Waals surface area contributed by atoms with Gasteiger partial charge in [-0.25, -0.2) is 19.0 Å². The van der Waals surface area contributed by atoms with Crippen molar-refractivity contribution in [1.29, 1.82) is 0 Å². The molecule has 0 aliphatic carbocycles. The lowest BCUT2D eigenvalue weighted by Crippen LogP contribution is -2.06. The molecule has 7 heteroatoms. The molecule has 0 N–H and O–H groups in total. The summed E-state index contributed by atoms with van der Waals surface area (Å²) in [5.41, 5.74) is 2.23. The molecule has 0 unspecified atom stereocenters. The molecule has 3 aromatic rings.